The molecule has 7 nitrogen and oxygen atoms in total. The first kappa shape index (κ1) is 27.1. The molecule has 2 rings (SSSR count). The number of ether oxygens (including phenoxy) is 2. The zero-order valence-electron chi connectivity index (χ0n) is 19.5. The number of nitrogens with zero attached hydrogens (tertiary/aromatic N) is 2. The van der Waals surface area contributed by atoms with Crippen LogP contribution in [0.4, 0.5) is 0 Å². The van der Waals surface area contributed by atoms with Gasteiger partial charge in [-0.3, -0.25) is 9.89 Å². The zero-order chi connectivity index (χ0) is 21.9. The molecule has 0 aliphatic rings. The van der Waals surface area contributed by atoms with E-state index in [0.717, 1.165) is 35.3 Å². The summed E-state index contributed by atoms with van der Waals surface area (Å²) >= 11 is 0. The summed E-state index contributed by atoms with van der Waals surface area (Å²) in [6, 6.07) is 10.0. The van der Waals surface area contributed by atoms with Crippen molar-refractivity contribution in [2.45, 2.75) is 39.8 Å². The summed E-state index contributed by atoms with van der Waals surface area (Å²) in [4.78, 5) is 6.91. The first-order chi connectivity index (χ1) is 14.5. The average Bonchev–Trinajstić information content (AvgIpc) is 3.24. The number of likely N-dealkylation sites (N-methyl/N-ethyl adjacent to an activating group) is 1. The van der Waals surface area contributed by atoms with Crippen molar-refractivity contribution in [1.29, 1.82) is 0 Å². The van der Waals surface area contributed by atoms with Crippen molar-refractivity contribution in [1.82, 2.24) is 15.5 Å². The highest BCUT2D eigenvalue weighted by molar-refractivity contribution is 14.0. The van der Waals surface area contributed by atoms with Gasteiger partial charge in [-0.05, 0) is 71.6 Å². The van der Waals surface area contributed by atoms with Crippen LogP contribution in [0, 0.1) is 0 Å². The molecular weight excluding hydrogens is 507 g/mol. The van der Waals surface area contributed by atoms with Crippen molar-refractivity contribution < 1.29 is 13.9 Å². The lowest BCUT2D eigenvalue weighted by Gasteiger charge is -2.23. The summed E-state index contributed by atoms with van der Waals surface area (Å²) in [5.74, 6) is 3.19. The largest absolute Gasteiger partial charge is 0.490 e. The molecule has 2 N–H and O–H groups in total. The van der Waals surface area contributed by atoms with Gasteiger partial charge < -0.3 is 24.5 Å². The highest BCUT2D eigenvalue weighted by atomic mass is 127. The summed E-state index contributed by atoms with van der Waals surface area (Å²) in [7, 11) is 4.06. The molecule has 1 aromatic heterocycles. The van der Waals surface area contributed by atoms with E-state index in [0.29, 0.717) is 19.8 Å². The van der Waals surface area contributed by atoms with E-state index in [2.05, 4.69) is 35.4 Å². The zero-order valence-corrected chi connectivity index (χ0v) is 21.8. The van der Waals surface area contributed by atoms with Crippen molar-refractivity contribution in [2.75, 3.05) is 40.4 Å². The molecule has 8 heteroatoms. The number of benzene rings is 1. The number of hydrogen-bond donors (Lipinski definition) is 2. The Balaban J connectivity index is 0.00000480. The highest BCUT2D eigenvalue weighted by Crippen LogP contribution is 2.30. The van der Waals surface area contributed by atoms with Crippen molar-refractivity contribution in [2.24, 2.45) is 4.99 Å². The maximum atomic E-state index is 5.76. The topological polar surface area (TPSA) is 71.3 Å². The Morgan fingerprint density at radius 2 is 1.81 bits per heavy atom. The second kappa shape index (κ2) is 14.2. The number of hydrogen-bond acceptors (Lipinski definition) is 5. The number of furan rings is 1. The predicted octanol–water partition coefficient (Wildman–Crippen LogP) is 4.61. The van der Waals surface area contributed by atoms with E-state index in [4.69, 9.17) is 18.9 Å². The standard InChI is InChI=1S/C23H36N4O3.HI/c1-7-24-23(25-16-19(27(5)6)20-11-10-14-30-20)26-17(4)18-12-13-21(28-8-2)22(15-18)29-9-3;/h10-15,17,19H,7-9,16H2,1-6H3,(H2,24,25,26);1H. The lowest BCUT2D eigenvalue weighted by atomic mass is 10.1. The number of nitrogens with one attached hydrogen (secondary N) is 2. The van der Waals surface area contributed by atoms with Gasteiger partial charge in [0.1, 0.15) is 5.76 Å². The van der Waals surface area contributed by atoms with Crippen LogP contribution in [0.25, 0.3) is 0 Å². The fourth-order valence-corrected chi connectivity index (χ4v) is 3.11. The van der Waals surface area contributed by atoms with E-state index in [9.17, 15) is 0 Å². The third-order valence-electron chi connectivity index (χ3n) is 4.68. The van der Waals surface area contributed by atoms with E-state index in [-0.39, 0.29) is 36.1 Å². The fourth-order valence-electron chi connectivity index (χ4n) is 3.11. The number of aliphatic imine (C=N–C) groups is 1. The summed E-state index contributed by atoms with van der Waals surface area (Å²) < 4.78 is 17.0. The minimum atomic E-state index is 0. The quantitative estimate of drug-likeness (QED) is 0.245. The first-order valence-electron chi connectivity index (χ1n) is 10.6. The monoisotopic (exact) mass is 544 g/mol. The molecule has 0 saturated carbocycles. The van der Waals surface area contributed by atoms with Gasteiger partial charge >= 0.3 is 0 Å². The first-order valence-corrected chi connectivity index (χ1v) is 10.6. The third kappa shape index (κ3) is 8.25. The Labute approximate surface area is 203 Å². The van der Waals surface area contributed by atoms with Gasteiger partial charge in [0, 0.05) is 6.54 Å². The molecule has 0 bridgehead atoms. The van der Waals surface area contributed by atoms with Crippen LogP contribution in [0.1, 0.15) is 51.1 Å². The van der Waals surface area contributed by atoms with Crippen LogP contribution in [0.15, 0.2) is 46.0 Å². The van der Waals surface area contributed by atoms with E-state index >= 15 is 0 Å². The molecular formula is C23H37IN4O3. The van der Waals surface area contributed by atoms with Crippen LogP contribution in [-0.2, 0) is 0 Å². The average molecular weight is 544 g/mol. The molecule has 1 heterocycles. The maximum absolute atomic E-state index is 5.76. The Hall–Kier alpha value is -1.94. The summed E-state index contributed by atoms with van der Waals surface area (Å²) in [5, 5.41) is 6.82. The molecule has 0 spiro atoms. The smallest absolute Gasteiger partial charge is 0.191 e. The molecule has 0 fully saturated rings. The summed E-state index contributed by atoms with van der Waals surface area (Å²) in [6.07, 6.45) is 1.70. The third-order valence-corrected chi connectivity index (χ3v) is 4.68. The summed E-state index contributed by atoms with van der Waals surface area (Å²) in [5.41, 5.74) is 1.10. The molecule has 0 radical (unpaired) electrons. The minimum Gasteiger partial charge on any atom is -0.490 e. The highest BCUT2D eigenvalue weighted by Gasteiger charge is 2.17. The van der Waals surface area contributed by atoms with E-state index < -0.39 is 0 Å². The van der Waals surface area contributed by atoms with Crippen LogP contribution < -0.4 is 20.1 Å². The molecule has 0 saturated heterocycles. The Morgan fingerprint density at radius 3 is 2.39 bits per heavy atom. The van der Waals surface area contributed by atoms with E-state index in [1.54, 1.807) is 6.26 Å². The maximum Gasteiger partial charge on any atom is 0.191 e. The normalized spacial score (nSPS) is 13.3. The Bertz CT molecular complexity index is 781. The van der Waals surface area contributed by atoms with Gasteiger partial charge in [0.15, 0.2) is 17.5 Å². The molecule has 0 aliphatic carbocycles. The molecule has 174 valence electrons. The second-order valence-electron chi connectivity index (χ2n) is 7.15. The van der Waals surface area contributed by atoms with Crippen LogP contribution in [0.5, 0.6) is 11.5 Å². The number of halogens is 1. The van der Waals surface area contributed by atoms with Crippen molar-refractivity contribution in [3.8, 4) is 11.5 Å². The SMILES string of the molecule is CCNC(=NCC(c1ccco1)N(C)C)NC(C)c1ccc(OCC)c(OCC)c1.I. The minimum absolute atomic E-state index is 0. The molecule has 2 unspecified atom stereocenters. The van der Waals surface area contributed by atoms with Gasteiger partial charge in [-0.25, -0.2) is 0 Å². The van der Waals surface area contributed by atoms with Crippen LogP contribution >= 0.6 is 24.0 Å². The molecule has 0 aliphatic heterocycles. The molecule has 0 amide bonds. The fraction of sp³-hybridized carbons (Fsp3) is 0.522. The predicted molar refractivity (Wildman–Crippen MR) is 137 cm³/mol. The second-order valence-corrected chi connectivity index (χ2v) is 7.15. The van der Waals surface area contributed by atoms with Gasteiger partial charge in [0.25, 0.3) is 0 Å². The molecule has 1 aromatic carbocycles. The van der Waals surface area contributed by atoms with E-state index in [1.807, 2.05) is 52.2 Å². The van der Waals surface area contributed by atoms with Gasteiger partial charge in [-0.15, -0.1) is 24.0 Å². The number of rotatable bonds is 11. The van der Waals surface area contributed by atoms with E-state index in [1.165, 1.54) is 0 Å². The van der Waals surface area contributed by atoms with Gasteiger partial charge in [0.05, 0.1) is 38.1 Å². The van der Waals surface area contributed by atoms with Gasteiger partial charge in [-0.1, -0.05) is 6.07 Å². The van der Waals surface area contributed by atoms with Crippen LogP contribution in [-0.4, -0.2) is 51.3 Å². The van der Waals surface area contributed by atoms with Crippen molar-refractivity contribution in [3.05, 3.63) is 47.9 Å². The van der Waals surface area contributed by atoms with Gasteiger partial charge in [0.2, 0.25) is 0 Å². The van der Waals surface area contributed by atoms with Crippen LogP contribution in [0.3, 0.4) is 0 Å². The lowest BCUT2D eigenvalue weighted by Crippen LogP contribution is -2.39. The van der Waals surface area contributed by atoms with Crippen molar-refractivity contribution in [3.63, 3.8) is 0 Å². The van der Waals surface area contributed by atoms with Gasteiger partial charge in [-0.2, -0.15) is 0 Å². The van der Waals surface area contributed by atoms with Crippen LogP contribution in [0.2, 0.25) is 0 Å². The molecule has 2 aromatic rings. The Kier molecular flexibility index (Phi) is 12.4. The number of guanidine groups is 1. The molecule has 2 atom stereocenters. The molecule has 31 heavy (non-hydrogen) atoms. The summed E-state index contributed by atoms with van der Waals surface area (Å²) in [6.45, 7) is 10.7. The Morgan fingerprint density at radius 1 is 1.10 bits per heavy atom. The lowest BCUT2D eigenvalue weighted by molar-refractivity contribution is 0.265. The van der Waals surface area contributed by atoms with Crippen molar-refractivity contribution >= 4 is 29.9 Å².